The van der Waals surface area contributed by atoms with E-state index >= 15 is 0 Å². The molecule has 4 bridgehead atoms. The lowest BCUT2D eigenvalue weighted by molar-refractivity contribution is -0.168. The fourth-order valence-electron chi connectivity index (χ4n) is 7.46. The summed E-state index contributed by atoms with van der Waals surface area (Å²) < 4.78 is 25.7. The molecule has 204 valence electrons. The second-order valence-corrected chi connectivity index (χ2v) is 11.9. The fourth-order valence-corrected chi connectivity index (χ4v) is 7.46. The van der Waals surface area contributed by atoms with Crippen LogP contribution in [0, 0.1) is 23.7 Å². The van der Waals surface area contributed by atoms with Crippen LogP contribution in [0.1, 0.15) is 64.9 Å². The predicted octanol–water partition coefficient (Wildman–Crippen LogP) is 4.21. The number of rotatable bonds is 8. The molecule has 3 N–H and O–H groups in total. The van der Waals surface area contributed by atoms with Gasteiger partial charge in [-0.15, -0.1) is 0 Å². The van der Waals surface area contributed by atoms with E-state index in [4.69, 9.17) is 29.4 Å². The van der Waals surface area contributed by atoms with Crippen molar-refractivity contribution in [3.63, 3.8) is 0 Å². The molecule has 37 heavy (non-hydrogen) atoms. The largest absolute Gasteiger partial charge is 0.514 e. The van der Waals surface area contributed by atoms with Gasteiger partial charge in [0.05, 0.1) is 7.11 Å². The van der Waals surface area contributed by atoms with Crippen molar-refractivity contribution < 1.29 is 38.1 Å². The van der Waals surface area contributed by atoms with E-state index in [0.717, 1.165) is 24.8 Å². The number of hydrogen-bond acceptors (Lipinski definition) is 9. The van der Waals surface area contributed by atoms with Crippen molar-refractivity contribution in [1.29, 1.82) is 0 Å². The molecule has 1 amide bonds. The second-order valence-electron chi connectivity index (χ2n) is 11.9. The van der Waals surface area contributed by atoms with Crippen molar-refractivity contribution in [2.24, 2.45) is 22.5 Å². The lowest BCUT2D eigenvalue weighted by Crippen LogP contribution is -2.65. The molecule has 0 saturated heterocycles. The molecule has 0 aromatic heterocycles. The van der Waals surface area contributed by atoms with Crippen molar-refractivity contribution in [1.82, 2.24) is 5.32 Å². The number of esters is 1. The van der Waals surface area contributed by atoms with Crippen LogP contribution in [0.3, 0.4) is 0 Å². The van der Waals surface area contributed by atoms with Gasteiger partial charge in [-0.2, -0.15) is 0 Å². The van der Waals surface area contributed by atoms with Crippen LogP contribution in [-0.2, 0) is 19.0 Å². The number of amides is 1. The molecule has 0 spiro atoms. The Bertz CT molecular complexity index is 1040. The summed E-state index contributed by atoms with van der Waals surface area (Å²) in [5.41, 5.74) is 6.90. The summed E-state index contributed by atoms with van der Waals surface area (Å²) in [6.07, 6.45) is 3.60. The normalized spacial score (nSPS) is 31.1. The molecule has 4 atom stereocenters. The van der Waals surface area contributed by atoms with Crippen LogP contribution in [0.5, 0.6) is 11.5 Å². The van der Waals surface area contributed by atoms with E-state index < -0.39 is 37.2 Å². The number of benzene rings is 1. The summed E-state index contributed by atoms with van der Waals surface area (Å²) in [6, 6.07) is 3.73. The monoisotopic (exact) mass is 518 g/mol. The number of hydrogen-bond donors (Lipinski definition) is 2. The molecule has 0 heterocycles. The third kappa shape index (κ3) is 6.29. The van der Waals surface area contributed by atoms with Gasteiger partial charge in [-0.1, -0.05) is 19.9 Å². The van der Waals surface area contributed by atoms with Gasteiger partial charge in [0.15, 0.2) is 11.5 Å². The number of aryl methyl sites for hydroxylation is 1. The molecule has 3 unspecified atom stereocenters. The first kappa shape index (κ1) is 27.0. The van der Waals surface area contributed by atoms with Gasteiger partial charge in [-0.25, -0.2) is 9.59 Å². The first-order valence-electron chi connectivity index (χ1n) is 12.8. The number of methoxy groups -OCH3 is 1. The lowest BCUT2D eigenvalue weighted by atomic mass is 9.43. The summed E-state index contributed by atoms with van der Waals surface area (Å²) in [5, 5.41) is 3.10. The van der Waals surface area contributed by atoms with E-state index in [9.17, 15) is 14.4 Å². The lowest BCUT2D eigenvalue weighted by Gasteiger charge is -2.65. The first-order chi connectivity index (χ1) is 17.3. The maximum Gasteiger partial charge on any atom is 0.514 e. The number of carbonyl (C=O) groups is 3. The zero-order valence-electron chi connectivity index (χ0n) is 22.3. The zero-order chi connectivity index (χ0) is 27.0. The van der Waals surface area contributed by atoms with Crippen molar-refractivity contribution >= 4 is 18.2 Å². The topological polar surface area (TPSA) is 135 Å². The Morgan fingerprint density at radius 3 is 2.35 bits per heavy atom. The summed E-state index contributed by atoms with van der Waals surface area (Å²) in [7, 11) is 1.45. The van der Waals surface area contributed by atoms with Gasteiger partial charge in [0.1, 0.15) is 12.6 Å². The summed E-state index contributed by atoms with van der Waals surface area (Å²) in [5.74, 6) is 0.264. The molecular formula is C27H38N2O8. The Kier molecular flexibility index (Phi) is 7.34. The standard InChI is InChI=1S/C27H38N2O8/c1-16-6-7-20(21(8-16)33-5)37-24(32)34-12-19(28)22(30)35-17(2)36-23(31)29-27-11-18-9-25(3,14-27)13-26(4,10-18)15-27/h6-8,17-19H,9-15,28H2,1-5H3,(H,29,31)/t17?,18?,19-,25?,26?,27?/m0/s1. The minimum Gasteiger partial charge on any atom is -0.493 e. The molecule has 4 aliphatic carbocycles. The maximum absolute atomic E-state index is 12.7. The molecule has 0 radical (unpaired) electrons. The number of ether oxygens (including phenoxy) is 5. The molecule has 1 aromatic rings. The van der Waals surface area contributed by atoms with Crippen LogP contribution in [0.15, 0.2) is 18.2 Å². The van der Waals surface area contributed by atoms with Crippen molar-refractivity contribution in [3.05, 3.63) is 23.8 Å². The minimum atomic E-state index is -1.29. The van der Waals surface area contributed by atoms with Gasteiger partial charge in [0, 0.05) is 12.5 Å². The predicted molar refractivity (Wildman–Crippen MR) is 133 cm³/mol. The van der Waals surface area contributed by atoms with Crippen molar-refractivity contribution in [3.8, 4) is 11.5 Å². The van der Waals surface area contributed by atoms with Crippen LogP contribution in [0.25, 0.3) is 0 Å². The van der Waals surface area contributed by atoms with Crippen LogP contribution < -0.4 is 20.5 Å². The van der Waals surface area contributed by atoms with E-state index in [-0.39, 0.29) is 22.1 Å². The average molecular weight is 519 g/mol. The Hall–Kier alpha value is -3.01. The van der Waals surface area contributed by atoms with Gasteiger partial charge in [0.2, 0.25) is 6.29 Å². The van der Waals surface area contributed by atoms with Crippen LogP contribution in [0.2, 0.25) is 0 Å². The number of carbonyl (C=O) groups excluding carboxylic acids is 3. The average Bonchev–Trinajstić information content (AvgIpc) is 2.75. The second kappa shape index (κ2) is 10.0. The summed E-state index contributed by atoms with van der Waals surface area (Å²) in [4.78, 5) is 37.1. The quantitative estimate of drug-likeness (QED) is 0.295. The highest BCUT2D eigenvalue weighted by atomic mass is 16.7. The van der Waals surface area contributed by atoms with E-state index in [1.54, 1.807) is 18.2 Å². The molecule has 0 aliphatic heterocycles. The van der Waals surface area contributed by atoms with Gasteiger partial charge >= 0.3 is 18.2 Å². The van der Waals surface area contributed by atoms with E-state index in [0.29, 0.717) is 11.7 Å². The zero-order valence-corrected chi connectivity index (χ0v) is 22.3. The Labute approximate surface area is 217 Å². The highest BCUT2D eigenvalue weighted by Gasteiger charge is 2.60. The number of nitrogens with one attached hydrogen (secondary N) is 1. The molecule has 4 saturated carbocycles. The SMILES string of the molecule is COc1cc(C)ccc1OC(=O)OC[C@H](N)C(=O)OC(C)OC(=O)NC12CC3CC(C)(CC(C)(C3)C1)C2. The Morgan fingerprint density at radius 1 is 1.05 bits per heavy atom. The highest BCUT2D eigenvalue weighted by Crippen LogP contribution is 2.66. The van der Waals surface area contributed by atoms with E-state index in [1.165, 1.54) is 33.3 Å². The van der Waals surface area contributed by atoms with E-state index in [1.807, 2.05) is 6.92 Å². The van der Waals surface area contributed by atoms with Gasteiger partial charge < -0.3 is 34.7 Å². The minimum absolute atomic E-state index is 0.171. The third-order valence-corrected chi connectivity index (χ3v) is 7.74. The number of nitrogens with two attached hydrogens (primary N) is 1. The summed E-state index contributed by atoms with van der Waals surface area (Å²) in [6.45, 7) is 7.46. The van der Waals surface area contributed by atoms with Crippen LogP contribution in [-0.4, -0.2) is 49.8 Å². The van der Waals surface area contributed by atoms with Gasteiger partial charge in [0.25, 0.3) is 0 Å². The maximum atomic E-state index is 12.7. The summed E-state index contributed by atoms with van der Waals surface area (Å²) >= 11 is 0. The molecule has 4 aliphatic rings. The van der Waals surface area contributed by atoms with Crippen LogP contribution in [0.4, 0.5) is 9.59 Å². The van der Waals surface area contributed by atoms with Gasteiger partial charge in [-0.3, -0.25) is 4.79 Å². The smallest absolute Gasteiger partial charge is 0.493 e. The Morgan fingerprint density at radius 2 is 1.73 bits per heavy atom. The van der Waals surface area contributed by atoms with Gasteiger partial charge in [-0.05, 0) is 79.9 Å². The Balaban J connectivity index is 1.21. The third-order valence-electron chi connectivity index (χ3n) is 7.74. The molecule has 4 fully saturated rings. The molecule has 5 rings (SSSR count). The number of alkyl carbamates (subject to hydrolysis) is 1. The van der Waals surface area contributed by atoms with E-state index in [2.05, 4.69) is 19.2 Å². The first-order valence-corrected chi connectivity index (χ1v) is 12.8. The van der Waals surface area contributed by atoms with Crippen LogP contribution >= 0.6 is 0 Å². The molecule has 10 nitrogen and oxygen atoms in total. The van der Waals surface area contributed by atoms with Crippen molar-refractivity contribution in [2.75, 3.05) is 13.7 Å². The highest BCUT2D eigenvalue weighted by molar-refractivity contribution is 5.76. The fraction of sp³-hybridized carbons (Fsp3) is 0.667. The molecular weight excluding hydrogens is 480 g/mol. The van der Waals surface area contributed by atoms with Crippen molar-refractivity contribution in [2.45, 2.75) is 84.1 Å². The molecule has 10 heteroatoms. The molecule has 1 aromatic carbocycles.